The van der Waals surface area contributed by atoms with Crippen LogP contribution in [0.25, 0.3) is 16.8 Å². The van der Waals surface area contributed by atoms with Crippen LogP contribution in [-0.4, -0.2) is 20.3 Å². The van der Waals surface area contributed by atoms with Crippen LogP contribution in [-0.2, 0) is 24.2 Å². The molecule has 1 aliphatic carbocycles. The fraction of sp³-hybridized carbons (Fsp3) is 0.190. The average Bonchev–Trinajstić information content (AvgIpc) is 3.38. The highest BCUT2D eigenvalue weighted by molar-refractivity contribution is 5.92. The number of aryl methyl sites for hydroxylation is 1. The van der Waals surface area contributed by atoms with Crippen LogP contribution in [0.15, 0.2) is 63.8 Å². The lowest BCUT2D eigenvalue weighted by atomic mass is 10.2. The second-order valence-corrected chi connectivity index (χ2v) is 6.84. The van der Waals surface area contributed by atoms with Crippen molar-refractivity contribution in [2.24, 2.45) is 0 Å². The number of anilines is 1. The first-order chi connectivity index (χ1) is 13.7. The molecule has 28 heavy (non-hydrogen) atoms. The molecule has 0 atom stereocenters. The van der Waals surface area contributed by atoms with Gasteiger partial charge in [0.05, 0.1) is 16.9 Å². The number of hydrogen-bond donors (Lipinski definition) is 1. The molecule has 0 unspecified atom stereocenters. The van der Waals surface area contributed by atoms with Crippen LogP contribution in [0.2, 0.25) is 0 Å². The van der Waals surface area contributed by atoms with E-state index in [0.29, 0.717) is 16.9 Å². The number of nitrogens with one attached hydrogen (secondary N) is 1. The third-order valence-electron chi connectivity index (χ3n) is 5.04. The zero-order valence-corrected chi connectivity index (χ0v) is 15.1. The Kier molecular flexibility index (Phi) is 3.86. The molecule has 0 saturated carbocycles. The molecule has 2 heterocycles. The summed E-state index contributed by atoms with van der Waals surface area (Å²) in [6, 6.07) is 16.8. The maximum atomic E-state index is 12.8. The van der Waals surface area contributed by atoms with Gasteiger partial charge in [-0.3, -0.25) is 9.36 Å². The molecule has 0 spiro atoms. The van der Waals surface area contributed by atoms with Crippen molar-refractivity contribution < 1.29 is 9.21 Å². The summed E-state index contributed by atoms with van der Waals surface area (Å²) in [6.07, 6.45) is 2.82. The number of nitrogens with zero attached hydrogens (tertiary/aromatic N) is 3. The number of aromatic nitrogens is 3. The lowest BCUT2D eigenvalue weighted by Crippen LogP contribution is -2.26. The second kappa shape index (κ2) is 6.53. The zero-order valence-electron chi connectivity index (χ0n) is 15.1. The van der Waals surface area contributed by atoms with Crippen molar-refractivity contribution in [3.8, 4) is 5.69 Å². The van der Waals surface area contributed by atoms with Gasteiger partial charge in [-0.15, -0.1) is 0 Å². The number of rotatable bonds is 4. The van der Waals surface area contributed by atoms with Crippen LogP contribution >= 0.6 is 0 Å². The second-order valence-electron chi connectivity index (χ2n) is 6.84. The van der Waals surface area contributed by atoms with Crippen molar-refractivity contribution in [2.75, 3.05) is 5.32 Å². The molecule has 140 valence electrons. The smallest absolute Gasteiger partial charge is 0.408 e. The molecule has 1 N–H and O–H groups in total. The van der Waals surface area contributed by atoms with Crippen LogP contribution in [0.1, 0.15) is 17.7 Å². The minimum Gasteiger partial charge on any atom is -0.408 e. The number of benzene rings is 2. The molecule has 1 amide bonds. The van der Waals surface area contributed by atoms with E-state index < -0.39 is 5.76 Å². The summed E-state index contributed by atoms with van der Waals surface area (Å²) in [4.78, 5) is 25.0. The van der Waals surface area contributed by atoms with Gasteiger partial charge in [0.1, 0.15) is 12.4 Å². The lowest BCUT2D eigenvalue weighted by molar-refractivity contribution is -0.116. The van der Waals surface area contributed by atoms with E-state index in [4.69, 9.17) is 9.52 Å². The average molecular weight is 374 g/mol. The first kappa shape index (κ1) is 16.6. The molecule has 4 aromatic rings. The predicted molar refractivity (Wildman–Crippen MR) is 105 cm³/mol. The van der Waals surface area contributed by atoms with Gasteiger partial charge in [0.2, 0.25) is 5.91 Å². The first-order valence-electron chi connectivity index (χ1n) is 9.25. The van der Waals surface area contributed by atoms with E-state index in [9.17, 15) is 9.59 Å². The molecule has 7 heteroatoms. The van der Waals surface area contributed by atoms with Gasteiger partial charge in [-0.25, -0.2) is 9.48 Å². The summed E-state index contributed by atoms with van der Waals surface area (Å²) < 4.78 is 8.33. The Hall–Kier alpha value is -3.61. The molecular formula is C21H18N4O3. The molecular weight excluding hydrogens is 356 g/mol. The maximum Gasteiger partial charge on any atom is 0.420 e. The highest BCUT2D eigenvalue weighted by Crippen LogP contribution is 2.31. The topological polar surface area (TPSA) is 82.1 Å². The monoisotopic (exact) mass is 374 g/mol. The zero-order chi connectivity index (χ0) is 19.1. The van der Waals surface area contributed by atoms with Gasteiger partial charge in [0, 0.05) is 5.56 Å². The third-order valence-corrected chi connectivity index (χ3v) is 5.04. The Labute approximate surface area is 160 Å². The maximum absolute atomic E-state index is 12.8. The normalized spacial score (nSPS) is 13.0. The molecule has 1 aliphatic rings. The molecule has 7 nitrogen and oxygen atoms in total. The largest absolute Gasteiger partial charge is 0.420 e. The minimum absolute atomic E-state index is 0.120. The SMILES string of the molecule is O=C(Cn1c(=O)oc2ccccc21)Nc1c2c(nn1-c1ccccc1)CCC2. The predicted octanol–water partition coefficient (Wildman–Crippen LogP) is 2.91. The number of oxazole rings is 1. The summed E-state index contributed by atoms with van der Waals surface area (Å²) in [7, 11) is 0. The summed E-state index contributed by atoms with van der Waals surface area (Å²) in [5.74, 6) is -0.150. The summed E-state index contributed by atoms with van der Waals surface area (Å²) in [5.41, 5.74) is 4.05. The summed E-state index contributed by atoms with van der Waals surface area (Å²) >= 11 is 0. The van der Waals surface area contributed by atoms with Gasteiger partial charge in [0.15, 0.2) is 5.58 Å². The number of carbonyl (C=O) groups is 1. The number of fused-ring (bicyclic) bond motifs is 2. The number of para-hydroxylation sites is 3. The van der Waals surface area contributed by atoms with Gasteiger partial charge in [-0.2, -0.15) is 5.10 Å². The van der Waals surface area contributed by atoms with Crippen molar-refractivity contribution in [3.05, 3.63) is 76.4 Å². The van der Waals surface area contributed by atoms with E-state index in [1.807, 2.05) is 36.4 Å². The molecule has 0 radical (unpaired) electrons. The number of carbonyl (C=O) groups excluding carboxylic acids is 1. The molecule has 0 aliphatic heterocycles. The van der Waals surface area contributed by atoms with Crippen LogP contribution in [0.5, 0.6) is 0 Å². The van der Waals surface area contributed by atoms with Gasteiger partial charge in [0.25, 0.3) is 0 Å². The molecule has 2 aromatic heterocycles. The van der Waals surface area contributed by atoms with Gasteiger partial charge in [-0.1, -0.05) is 30.3 Å². The van der Waals surface area contributed by atoms with Crippen molar-refractivity contribution in [1.29, 1.82) is 0 Å². The van der Waals surface area contributed by atoms with Crippen LogP contribution in [0.4, 0.5) is 5.82 Å². The molecule has 5 rings (SSSR count). The van der Waals surface area contributed by atoms with Crippen molar-refractivity contribution in [2.45, 2.75) is 25.8 Å². The van der Waals surface area contributed by atoms with Gasteiger partial charge in [-0.05, 0) is 43.5 Å². The molecule has 0 fully saturated rings. The van der Waals surface area contributed by atoms with Gasteiger partial charge >= 0.3 is 5.76 Å². The number of hydrogen-bond acceptors (Lipinski definition) is 4. The Morgan fingerprint density at radius 3 is 2.71 bits per heavy atom. The Balaban J connectivity index is 1.48. The number of amides is 1. The van der Waals surface area contributed by atoms with Crippen molar-refractivity contribution in [3.63, 3.8) is 0 Å². The van der Waals surface area contributed by atoms with Crippen LogP contribution in [0, 0.1) is 0 Å². The van der Waals surface area contributed by atoms with Crippen molar-refractivity contribution in [1.82, 2.24) is 14.3 Å². The minimum atomic E-state index is -0.543. The molecule has 0 saturated heterocycles. The third kappa shape index (κ3) is 2.72. The van der Waals surface area contributed by atoms with E-state index in [2.05, 4.69) is 5.32 Å². The van der Waals surface area contributed by atoms with Gasteiger partial charge < -0.3 is 9.73 Å². The van der Waals surface area contributed by atoms with Crippen molar-refractivity contribution >= 4 is 22.8 Å². The lowest BCUT2D eigenvalue weighted by Gasteiger charge is -2.11. The van der Waals surface area contributed by atoms with E-state index in [-0.39, 0.29) is 12.5 Å². The highest BCUT2D eigenvalue weighted by atomic mass is 16.4. The Morgan fingerprint density at radius 1 is 1.07 bits per heavy atom. The Morgan fingerprint density at radius 2 is 1.86 bits per heavy atom. The summed E-state index contributed by atoms with van der Waals surface area (Å²) in [6.45, 7) is -0.120. The first-order valence-corrected chi connectivity index (χ1v) is 9.25. The van der Waals surface area contributed by atoms with E-state index in [1.165, 1.54) is 4.57 Å². The van der Waals surface area contributed by atoms with Crippen LogP contribution in [0.3, 0.4) is 0 Å². The standard InChI is InChI=1S/C21H18N4O3/c26-19(13-24-17-11-4-5-12-18(17)28-21(24)27)22-20-15-9-6-10-16(15)23-25(20)14-7-2-1-3-8-14/h1-5,7-8,11-12H,6,9-10,13H2,(H,22,26). The van der Waals surface area contributed by atoms with E-state index in [1.54, 1.807) is 22.9 Å². The van der Waals surface area contributed by atoms with Crippen LogP contribution < -0.4 is 11.1 Å². The molecule has 0 bridgehead atoms. The highest BCUT2D eigenvalue weighted by Gasteiger charge is 2.24. The van der Waals surface area contributed by atoms with E-state index >= 15 is 0 Å². The van der Waals surface area contributed by atoms with E-state index in [0.717, 1.165) is 36.2 Å². The Bertz CT molecular complexity index is 1230. The fourth-order valence-electron chi connectivity index (χ4n) is 3.76. The quantitative estimate of drug-likeness (QED) is 0.595. The summed E-state index contributed by atoms with van der Waals surface area (Å²) in [5, 5.41) is 7.67. The molecule has 2 aromatic carbocycles. The fourth-order valence-corrected chi connectivity index (χ4v) is 3.76.